The number of hydrogen-bond acceptors (Lipinski definition) is 1. The van der Waals surface area contributed by atoms with E-state index in [0.29, 0.717) is 0 Å². The van der Waals surface area contributed by atoms with Crippen molar-refractivity contribution in [2.45, 2.75) is 54.4 Å². The lowest BCUT2D eigenvalue weighted by atomic mass is 10.1. The first-order chi connectivity index (χ1) is 9.85. The number of likely N-dealkylation sites (N-methyl/N-ethyl adjacent to an activating group) is 1. The van der Waals surface area contributed by atoms with Gasteiger partial charge in [0.2, 0.25) is 0 Å². The summed E-state index contributed by atoms with van der Waals surface area (Å²) in [6.45, 7) is 13.3. The van der Waals surface area contributed by atoms with E-state index in [4.69, 9.17) is 0 Å². The summed E-state index contributed by atoms with van der Waals surface area (Å²) in [5.74, 6) is 0. The van der Waals surface area contributed by atoms with E-state index in [1.165, 1.54) is 16.8 Å². The lowest BCUT2D eigenvalue weighted by Crippen LogP contribution is -2.15. The van der Waals surface area contributed by atoms with Crippen molar-refractivity contribution >= 4 is 0 Å². The van der Waals surface area contributed by atoms with Gasteiger partial charge in [0.1, 0.15) is 0 Å². The molecule has 0 unspecified atom stereocenters. The van der Waals surface area contributed by atoms with Crippen LogP contribution in [0.15, 0.2) is 59.5 Å². The van der Waals surface area contributed by atoms with Gasteiger partial charge in [-0.3, -0.25) is 0 Å². The molecule has 20 heavy (non-hydrogen) atoms. The summed E-state index contributed by atoms with van der Waals surface area (Å²) < 4.78 is 0. The van der Waals surface area contributed by atoms with Crippen LogP contribution in [-0.2, 0) is 0 Å². The predicted octanol–water partition coefficient (Wildman–Crippen LogP) is 5.99. The van der Waals surface area contributed by atoms with E-state index in [1.54, 1.807) is 0 Å². The second-order valence-corrected chi connectivity index (χ2v) is 4.11. The molecule has 0 spiro atoms. The smallest absolute Gasteiger partial charge is 0.0438 e. The molecule has 0 radical (unpaired) electrons. The molecule has 1 heterocycles. The fourth-order valence-electron chi connectivity index (χ4n) is 2.10. The molecule has 0 saturated heterocycles. The Morgan fingerprint density at radius 2 is 1.80 bits per heavy atom. The van der Waals surface area contributed by atoms with Crippen molar-refractivity contribution in [1.29, 1.82) is 0 Å². The Labute approximate surface area is 126 Å². The van der Waals surface area contributed by atoms with Gasteiger partial charge in [-0.15, -0.1) is 0 Å². The molecular weight excluding hydrogens is 242 g/mol. The monoisotopic (exact) mass is 273 g/mol. The van der Waals surface area contributed by atoms with Crippen molar-refractivity contribution < 1.29 is 0 Å². The zero-order valence-electron chi connectivity index (χ0n) is 14.1. The van der Waals surface area contributed by atoms with Crippen LogP contribution in [0.5, 0.6) is 0 Å². The minimum absolute atomic E-state index is 1.02. The van der Waals surface area contributed by atoms with Crippen molar-refractivity contribution in [2.75, 3.05) is 6.54 Å². The minimum atomic E-state index is 1.02. The zero-order valence-corrected chi connectivity index (χ0v) is 14.1. The third-order valence-electron chi connectivity index (χ3n) is 3.00. The van der Waals surface area contributed by atoms with Gasteiger partial charge in [-0.05, 0) is 43.9 Å². The molecule has 1 heteroatoms. The average molecular weight is 273 g/mol. The molecule has 0 fully saturated rings. The SMILES string of the molecule is C/C=C\CC1=CN(CC)C2=C(C=C1)CC=C2.CC.CC. The highest BCUT2D eigenvalue weighted by Gasteiger charge is 2.14. The Kier molecular flexibility index (Phi) is 10.5. The Morgan fingerprint density at radius 1 is 1.10 bits per heavy atom. The molecule has 0 aromatic heterocycles. The van der Waals surface area contributed by atoms with Crippen LogP contribution in [0.3, 0.4) is 0 Å². The quantitative estimate of drug-likeness (QED) is 0.570. The molecule has 1 aliphatic carbocycles. The van der Waals surface area contributed by atoms with E-state index in [-0.39, 0.29) is 0 Å². The molecule has 0 atom stereocenters. The maximum absolute atomic E-state index is 2.34. The highest BCUT2D eigenvalue weighted by Crippen LogP contribution is 2.27. The van der Waals surface area contributed by atoms with Gasteiger partial charge in [0.15, 0.2) is 0 Å². The minimum Gasteiger partial charge on any atom is -0.348 e. The van der Waals surface area contributed by atoms with E-state index in [1.807, 2.05) is 27.7 Å². The molecule has 1 nitrogen and oxygen atoms in total. The van der Waals surface area contributed by atoms with E-state index in [0.717, 1.165) is 19.4 Å². The van der Waals surface area contributed by atoms with Crippen LogP contribution in [0.2, 0.25) is 0 Å². The molecule has 1 aliphatic heterocycles. The van der Waals surface area contributed by atoms with Gasteiger partial charge in [-0.2, -0.15) is 0 Å². The van der Waals surface area contributed by atoms with Gasteiger partial charge in [0, 0.05) is 18.4 Å². The second-order valence-electron chi connectivity index (χ2n) is 4.11. The summed E-state index contributed by atoms with van der Waals surface area (Å²) >= 11 is 0. The summed E-state index contributed by atoms with van der Waals surface area (Å²) in [6, 6.07) is 0. The zero-order chi connectivity index (χ0) is 15.4. The van der Waals surface area contributed by atoms with Crippen LogP contribution in [0.1, 0.15) is 54.4 Å². The third-order valence-corrected chi connectivity index (χ3v) is 3.00. The van der Waals surface area contributed by atoms with E-state index in [9.17, 15) is 0 Å². The summed E-state index contributed by atoms with van der Waals surface area (Å²) in [4.78, 5) is 2.34. The molecule has 0 aromatic rings. The lowest BCUT2D eigenvalue weighted by Gasteiger charge is -2.19. The predicted molar refractivity (Wildman–Crippen MR) is 92.5 cm³/mol. The Hall–Kier alpha value is -1.50. The molecule has 2 rings (SSSR count). The maximum Gasteiger partial charge on any atom is 0.0438 e. The van der Waals surface area contributed by atoms with E-state index in [2.05, 4.69) is 61.4 Å². The molecule has 0 bridgehead atoms. The normalized spacial score (nSPS) is 16.1. The highest BCUT2D eigenvalue weighted by atomic mass is 15.1. The number of nitrogens with zero attached hydrogens (tertiary/aromatic N) is 1. The summed E-state index contributed by atoms with van der Waals surface area (Å²) in [5, 5.41) is 0. The average Bonchev–Trinajstić information content (AvgIpc) is 2.92. The Bertz CT molecular complexity index is 405. The van der Waals surface area contributed by atoms with Gasteiger partial charge in [-0.25, -0.2) is 0 Å². The molecule has 0 aromatic carbocycles. The van der Waals surface area contributed by atoms with Crippen LogP contribution in [0.25, 0.3) is 0 Å². The summed E-state index contributed by atoms with van der Waals surface area (Å²) in [6.07, 6.45) is 17.7. The summed E-state index contributed by atoms with van der Waals surface area (Å²) in [5.41, 5.74) is 4.19. The van der Waals surface area contributed by atoms with Crippen molar-refractivity contribution in [3.05, 3.63) is 59.5 Å². The fourth-order valence-corrected chi connectivity index (χ4v) is 2.10. The Balaban J connectivity index is 0.000000829. The fraction of sp³-hybridized carbons (Fsp3) is 0.474. The third kappa shape index (κ3) is 5.24. The lowest BCUT2D eigenvalue weighted by molar-refractivity contribution is 0.502. The van der Waals surface area contributed by atoms with Crippen LogP contribution in [-0.4, -0.2) is 11.4 Å². The standard InChI is InChI=1S/C15H19N.2C2H6/c1-3-5-7-13-10-11-14-8-6-9-15(14)16(4-2)12-13;2*1-2/h3,5-6,9-12H,4,7-8H2,1-2H3;2*1-2H3/b5-3-;;. The molecule has 0 saturated carbocycles. The van der Waals surface area contributed by atoms with Gasteiger partial charge in [0.05, 0.1) is 0 Å². The van der Waals surface area contributed by atoms with Crippen LogP contribution in [0, 0.1) is 0 Å². The number of hydrogen-bond donors (Lipinski definition) is 0. The molecule has 0 amide bonds. The first-order valence-electron chi connectivity index (χ1n) is 8.01. The van der Waals surface area contributed by atoms with Crippen molar-refractivity contribution in [2.24, 2.45) is 0 Å². The highest BCUT2D eigenvalue weighted by molar-refractivity contribution is 5.45. The second kappa shape index (κ2) is 11.3. The Morgan fingerprint density at radius 3 is 2.40 bits per heavy atom. The first kappa shape index (κ1) is 18.5. The van der Waals surface area contributed by atoms with Gasteiger partial charge < -0.3 is 4.90 Å². The number of rotatable bonds is 3. The largest absolute Gasteiger partial charge is 0.348 e. The molecule has 0 N–H and O–H groups in total. The molecule has 112 valence electrons. The van der Waals surface area contributed by atoms with Gasteiger partial charge in [-0.1, -0.05) is 58.1 Å². The number of allylic oxidation sites excluding steroid dienone is 8. The van der Waals surface area contributed by atoms with Crippen molar-refractivity contribution in [3.63, 3.8) is 0 Å². The van der Waals surface area contributed by atoms with Crippen LogP contribution < -0.4 is 0 Å². The van der Waals surface area contributed by atoms with Crippen LogP contribution >= 0.6 is 0 Å². The first-order valence-corrected chi connectivity index (χ1v) is 8.01. The van der Waals surface area contributed by atoms with Crippen LogP contribution in [0.4, 0.5) is 0 Å². The van der Waals surface area contributed by atoms with Crippen molar-refractivity contribution in [3.8, 4) is 0 Å². The molecular formula is C19H31N. The van der Waals surface area contributed by atoms with Gasteiger partial charge >= 0.3 is 0 Å². The van der Waals surface area contributed by atoms with Gasteiger partial charge in [0.25, 0.3) is 0 Å². The summed E-state index contributed by atoms with van der Waals surface area (Å²) in [7, 11) is 0. The topological polar surface area (TPSA) is 3.24 Å². The van der Waals surface area contributed by atoms with E-state index < -0.39 is 0 Å². The molecule has 2 aliphatic rings. The maximum atomic E-state index is 2.34. The van der Waals surface area contributed by atoms with Crippen molar-refractivity contribution in [1.82, 2.24) is 4.90 Å². The van der Waals surface area contributed by atoms with E-state index >= 15 is 0 Å².